The molecule has 1 aromatic heterocycles. The number of aromatic nitrogens is 1. The van der Waals surface area contributed by atoms with Crippen LogP contribution in [0, 0.1) is 11.3 Å². The summed E-state index contributed by atoms with van der Waals surface area (Å²) in [5.41, 5.74) is 2.43. The molecule has 1 saturated carbocycles. The van der Waals surface area contributed by atoms with Crippen molar-refractivity contribution < 1.29 is 18.4 Å². The third-order valence-electron chi connectivity index (χ3n) is 5.65. The Kier molecular flexibility index (Phi) is 5.20. The molecule has 1 saturated heterocycles. The topological polar surface area (TPSA) is 86.1 Å². The van der Waals surface area contributed by atoms with E-state index in [1.165, 1.54) is 11.8 Å². The van der Waals surface area contributed by atoms with Gasteiger partial charge in [-0.15, -0.1) is 0 Å². The number of pyridine rings is 1. The van der Waals surface area contributed by atoms with Gasteiger partial charge in [-0.1, -0.05) is 30.3 Å². The number of halogens is 2. The van der Waals surface area contributed by atoms with E-state index < -0.39 is 43.3 Å². The minimum Gasteiger partial charge on any atom is -0.343 e. The molecule has 2 fully saturated rings. The van der Waals surface area contributed by atoms with Crippen molar-refractivity contribution in [2.45, 2.75) is 36.6 Å². The first-order valence-corrected chi connectivity index (χ1v) is 9.73. The van der Waals surface area contributed by atoms with E-state index in [1.807, 2.05) is 18.2 Å². The number of nitrogens with zero attached hydrogens (tertiary/aromatic N) is 3. The van der Waals surface area contributed by atoms with E-state index in [1.54, 1.807) is 18.3 Å². The molecule has 6 nitrogen and oxygen atoms in total. The van der Waals surface area contributed by atoms with Gasteiger partial charge in [0.15, 0.2) is 0 Å². The van der Waals surface area contributed by atoms with E-state index in [0.717, 1.165) is 16.9 Å². The van der Waals surface area contributed by atoms with Crippen molar-refractivity contribution in [3.63, 3.8) is 0 Å². The molecule has 2 amide bonds. The minimum atomic E-state index is -3.09. The van der Waals surface area contributed by atoms with E-state index in [-0.39, 0.29) is 5.92 Å². The van der Waals surface area contributed by atoms with E-state index in [2.05, 4.69) is 22.4 Å². The van der Waals surface area contributed by atoms with Crippen LogP contribution in [0.15, 0.2) is 48.8 Å². The third-order valence-corrected chi connectivity index (χ3v) is 5.65. The number of likely N-dealkylation sites (tertiary alicyclic amines) is 1. The SMILES string of the molecule is N#C[C@@H]1CC(F)(F)CN1C(=O)CNC(=O)c1ccncc1C1CC1c1ccccc1. The zero-order chi connectivity index (χ0) is 21.3. The number of hydrogen-bond donors (Lipinski definition) is 1. The van der Waals surface area contributed by atoms with Gasteiger partial charge in [0.1, 0.15) is 6.04 Å². The maximum absolute atomic E-state index is 13.5. The van der Waals surface area contributed by atoms with E-state index in [4.69, 9.17) is 5.26 Å². The quantitative estimate of drug-likeness (QED) is 0.821. The van der Waals surface area contributed by atoms with E-state index in [0.29, 0.717) is 11.5 Å². The molecule has 0 radical (unpaired) electrons. The maximum Gasteiger partial charge on any atom is 0.268 e. The first-order valence-electron chi connectivity index (χ1n) is 9.73. The van der Waals surface area contributed by atoms with Crippen LogP contribution >= 0.6 is 0 Å². The molecule has 8 heteroatoms. The maximum atomic E-state index is 13.5. The highest BCUT2D eigenvalue weighted by molar-refractivity contribution is 5.98. The summed E-state index contributed by atoms with van der Waals surface area (Å²) in [4.78, 5) is 30.0. The summed E-state index contributed by atoms with van der Waals surface area (Å²) in [7, 11) is 0. The van der Waals surface area contributed by atoms with Gasteiger partial charge in [0.2, 0.25) is 5.91 Å². The highest BCUT2D eigenvalue weighted by atomic mass is 19.3. The van der Waals surface area contributed by atoms with Crippen LogP contribution in [-0.2, 0) is 4.79 Å². The van der Waals surface area contributed by atoms with Crippen molar-refractivity contribution >= 4 is 11.8 Å². The average molecular weight is 410 g/mol. The second-order valence-electron chi connectivity index (χ2n) is 7.73. The monoisotopic (exact) mass is 410 g/mol. The summed E-state index contributed by atoms with van der Waals surface area (Å²) < 4.78 is 27.1. The Morgan fingerprint density at radius 1 is 1.23 bits per heavy atom. The normalized spacial score (nSPS) is 24.2. The molecule has 30 heavy (non-hydrogen) atoms. The van der Waals surface area contributed by atoms with E-state index >= 15 is 0 Å². The summed E-state index contributed by atoms with van der Waals surface area (Å²) in [6.45, 7) is -1.25. The zero-order valence-electron chi connectivity index (χ0n) is 16.1. The van der Waals surface area contributed by atoms with Crippen LogP contribution < -0.4 is 5.32 Å². The summed E-state index contributed by atoms with van der Waals surface area (Å²) in [6.07, 6.45) is 3.39. The predicted octanol–water partition coefficient (Wildman–Crippen LogP) is 2.84. The first kappa shape index (κ1) is 20.0. The Bertz CT molecular complexity index is 1010. The fraction of sp³-hybridized carbons (Fsp3) is 0.364. The number of nitriles is 1. The van der Waals surface area contributed by atoms with Crippen LogP contribution in [0.5, 0.6) is 0 Å². The molecule has 154 valence electrons. The van der Waals surface area contributed by atoms with Crippen molar-refractivity contribution in [2.75, 3.05) is 13.1 Å². The fourth-order valence-corrected chi connectivity index (χ4v) is 4.06. The third kappa shape index (κ3) is 4.01. The van der Waals surface area contributed by atoms with Crippen LogP contribution in [0.3, 0.4) is 0 Å². The van der Waals surface area contributed by atoms with Crippen molar-refractivity contribution in [3.8, 4) is 6.07 Å². The molecule has 4 rings (SSSR count). The lowest BCUT2D eigenvalue weighted by Gasteiger charge is -2.19. The molecule has 1 aliphatic heterocycles. The number of nitrogens with one attached hydrogen (secondary N) is 1. The van der Waals surface area contributed by atoms with Gasteiger partial charge in [0.25, 0.3) is 11.8 Å². The summed E-state index contributed by atoms with van der Waals surface area (Å²) >= 11 is 0. The van der Waals surface area contributed by atoms with Gasteiger partial charge in [0, 0.05) is 24.4 Å². The average Bonchev–Trinajstić information content (AvgIpc) is 3.49. The Labute approximate surface area is 172 Å². The lowest BCUT2D eigenvalue weighted by atomic mass is 10.0. The molecule has 3 atom stereocenters. The van der Waals surface area contributed by atoms with Gasteiger partial charge in [-0.25, -0.2) is 8.78 Å². The molecule has 0 spiro atoms. The van der Waals surface area contributed by atoms with Gasteiger partial charge < -0.3 is 10.2 Å². The Hall–Kier alpha value is -3.34. The molecule has 0 bridgehead atoms. The Balaban J connectivity index is 1.42. The number of amides is 2. The lowest BCUT2D eigenvalue weighted by molar-refractivity contribution is -0.131. The van der Waals surface area contributed by atoms with Crippen LogP contribution in [0.25, 0.3) is 0 Å². The molecule has 1 N–H and O–H groups in total. The van der Waals surface area contributed by atoms with E-state index in [9.17, 15) is 18.4 Å². The predicted molar refractivity (Wildman–Crippen MR) is 104 cm³/mol. The standard InChI is InChI=1S/C22H20F2N4O2/c23-22(24)9-15(10-25)28(13-22)20(29)12-27-21(30)16-6-7-26-11-19(16)18-8-17(18)14-4-2-1-3-5-14/h1-7,11,15,17-18H,8-9,12-13H2,(H,27,30)/t15-,17?,18?/m0/s1. The molecule has 2 aliphatic rings. The van der Waals surface area contributed by atoms with Gasteiger partial charge >= 0.3 is 0 Å². The molecule has 1 aliphatic carbocycles. The number of rotatable bonds is 5. The second-order valence-corrected chi connectivity index (χ2v) is 7.73. The fourth-order valence-electron chi connectivity index (χ4n) is 4.06. The van der Waals surface area contributed by atoms with Crippen molar-refractivity contribution in [1.29, 1.82) is 5.26 Å². The van der Waals surface area contributed by atoms with Crippen molar-refractivity contribution in [3.05, 3.63) is 65.5 Å². The smallest absolute Gasteiger partial charge is 0.268 e. The minimum absolute atomic E-state index is 0.165. The molecule has 2 heterocycles. The largest absolute Gasteiger partial charge is 0.343 e. The van der Waals surface area contributed by atoms with Gasteiger partial charge in [-0.3, -0.25) is 14.6 Å². The van der Waals surface area contributed by atoms with Crippen LogP contribution in [0.1, 0.15) is 46.2 Å². The van der Waals surface area contributed by atoms with Gasteiger partial charge in [-0.2, -0.15) is 5.26 Å². The summed E-state index contributed by atoms with van der Waals surface area (Å²) in [5.74, 6) is -3.77. The number of carbonyl (C=O) groups is 2. The Morgan fingerprint density at radius 2 is 2.00 bits per heavy atom. The highest BCUT2D eigenvalue weighted by Crippen LogP contribution is 2.55. The van der Waals surface area contributed by atoms with Crippen molar-refractivity contribution in [2.24, 2.45) is 0 Å². The molecule has 2 unspecified atom stereocenters. The van der Waals surface area contributed by atoms with Gasteiger partial charge in [-0.05, 0) is 35.4 Å². The van der Waals surface area contributed by atoms with Crippen molar-refractivity contribution in [1.82, 2.24) is 15.2 Å². The molecule has 1 aromatic carbocycles. The zero-order valence-corrected chi connectivity index (χ0v) is 16.1. The molecular formula is C22H20F2N4O2. The number of alkyl halides is 2. The van der Waals surface area contributed by atoms with Gasteiger partial charge in [0.05, 0.1) is 19.2 Å². The lowest BCUT2D eigenvalue weighted by Crippen LogP contribution is -2.43. The second kappa shape index (κ2) is 7.82. The number of hydrogen-bond acceptors (Lipinski definition) is 4. The first-order chi connectivity index (χ1) is 14.4. The molecular weight excluding hydrogens is 390 g/mol. The van der Waals surface area contributed by atoms with Crippen LogP contribution in [0.2, 0.25) is 0 Å². The number of benzene rings is 1. The molecule has 2 aromatic rings. The Morgan fingerprint density at radius 3 is 2.73 bits per heavy atom. The number of carbonyl (C=O) groups excluding carboxylic acids is 2. The summed E-state index contributed by atoms with van der Waals surface area (Å²) in [5, 5.41) is 11.5. The van der Waals surface area contributed by atoms with Crippen LogP contribution in [-0.4, -0.2) is 46.8 Å². The summed E-state index contributed by atoms with van der Waals surface area (Å²) in [6, 6.07) is 12.1. The van der Waals surface area contributed by atoms with Crippen LogP contribution in [0.4, 0.5) is 8.78 Å². The highest BCUT2D eigenvalue weighted by Gasteiger charge is 2.47.